The van der Waals surface area contributed by atoms with Gasteiger partial charge < -0.3 is 10.2 Å². The number of unbranched alkanes of at least 4 members (excludes halogenated alkanes) is 1. The summed E-state index contributed by atoms with van der Waals surface area (Å²) < 4.78 is 0. The molecule has 0 aliphatic heterocycles. The van der Waals surface area contributed by atoms with Gasteiger partial charge in [-0.15, -0.1) is 0 Å². The second kappa shape index (κ2) is 8.72. The van der Waals surface area contributed by atoms with E-state index in [1.807, 2.05) is 44.2 Å². The zero-order chi connectivity index (χ0) is 15.0. The fraction of sp³-hybridized carbons (Fsp3) is 0.562. The van der Waals surface area contributed by atoms with Crippen molar-refractivity contribution in [3.8, 4) is 0 Å². The van der Waals surface area contributed by atoms with Crippen molar-refractivity contribution in [1.29, 1.82) is 0 Å². The van der Waals surface area contributed by atoms with Crippen LogP contribution in [0.5, 0.6) is 0 Å². The number of carboxylic acid groups (broad SMARTS) is 1. The van der Waals surface area contributed by atoms with Gasteiger partial charge in [0.2, 0.25) is 0 Å². The van der Waals surface area contributed by atoms with Gasteiger partial charge in [0.05, 0.1) is 6.10 Å². The number of rotatable bonds is 9. The van der Waals surface area contributed by atoms with Gasteiger partial charge in [0.15, 0.2) is 0 Å². The Morgan fingerprint density at radius 2 is 1.90 bits per heavy atom. The summed E-state index contributed by atoms with van der Waals surface area (Å²) in [7, 11) is 0. The molecule has 1 aromatic rings. The second-order valence-corrected chi connectivity index (χ2v) is 5.07. The van der Waals surface area contributed by atoms with Crippen LogP contribution in [0.2, 0.25) is 0 Å². The Morgan fingerprint density at radius 1 is 1.25 bits per heavy atom. The highest BCUT2D eigenvalue weighted by molar-refractivity contribution is 5.73. The Hall–Kier alpha value is -1.39. The van der Waals surface area contributed by atoms with E-state index in [0.717, 1.165) is 18.4 Å². The summed E-state index contributed by atoms with van der Waals surface area (Å²) in [6.45, 7) is 3.98. The van der Waals surface area contributed by atoms with Crippen LogP contribution in [0.4, 0.5) is 0 Å². The molecule has 0 bridgehead atoms. The lowest BCUT2D eigenvalue weighted by Crippen LogP contribution is -2.45. The van der Waals surface area contributed by atoms with Gasteiger partial charge in [0.25, 0.3) is 0 Å². The summed E-state index contributed by atoms with van der Waals surface area (Å²) in [6, 6.07) is 8.50. The Labute approximate surface area is 120 Å². The van der Waals surface area contributed by atoms with Crippen molar-refractivity contribution in [2.45, 2.75) is 57.7 Å². The fourth-order valence-corrected chi connectivity index (χ4v) is 2.26. The maximum absolute atomic E-state index is 11.3. The summed E-state index contributed by atoms with van der Waals surface area (Å²) in [5.41, 5.74) is 0.812. The van der Waals surface area contributed by atoms with Crippen molar-refractivity contribution >= 4 is 5.97 Å². The number of aliphatic hydroxyl groups excluding tert-OH is 1. The number of nitrogens with one attached hydrogen (secondary N) is 1. The van der Waals surface area contributed by atoms with Crippen LogP contribution in [-0.2, 0) is 4.79 Å². The predicted molar refractivity (Wildman–Crippen MR) is 79.6 cm³/mol. The first-order chi connectivity index (χ1) is 9.60. The number of aliphatic hydroxyl groups is 1. The Kier molecular flexibility index (Phi) is 7.26. The quantitative estimate of drug-likeness (QED) is 0.650. The van der Waals surface area contributed by atoms with Gasteiger partial charge >= 0.3 is 5.97 Å². The lowest BCUT2D eigenvalue weighted by molar-refractivity contribution is -0.140. The van der Waals surface area contributed by atoms with Gasteiger partial charge in [-0.05, 0) is 18.4 Å². The lowest BCUT2D eigenvalue weighted by Gasteiger charge is -2.27. The summed E-state index contributed by atoms with van der Waals surface area (Å²) >= 11 is 0. The monoisotopic (exact) mass is 279 g/mol. The van der Waals surface area contributed by atoms with E-state index in [9.17, 15) is 15.0 Å². The Morgan fingerprint density at radius 3 is 2.40 bits per heavy atom. The van der Waals surface area contributed by atoms with Crippen molar-refractivity contribution in [2.24, 2.45) is 0 Å². The van der Waals surface area contributed by atoms with Crippen molar-refractivity contribution in [3.05, 3.63) is 35.9 Å². The molecule has 0 saturated heterocycles. The van der Waals surface area contributed by atoms with Gasteiger partial charge in [-0.2, -0.15) is 0 Å². The zero-order valence-corrected chi connectivity index (χ0v) is 12.2. The molecule has 20 heavy (non-hydrogen) atoms. The van der Waals surface area contributed by atoms with E-state index in [2.05, 4.69) is 5.32 Å². The molecule has 0 aromatic heterocycles. The highest BCUT2D eigenvalue weighted by Gasteiger charge is 2.25. The minimum absolute atomic E-state index is 0.254. The molecule has 3 unspecified atom stereocenters. The highest BCUT2D eigenvalue weighted by atomic mass is 16.4. The smallest absolute Gasteiger partial charge is 0.320 e. The minimum Gasteiger partial charge on any atom is -0.480 e. The summed E-state index contributed by atoms with van der Waals surface area (Å²) in [6.07, 6.45) is 2.39. The van der Waals surface area contributed by atoms with Gasteiger partial charge in [-0.3, -0.25) is 10.1 Å². The van der Waals surface area contributed by atoms with Crippen LogP contribution in [0.1, 0.15) is 51.2 Å². The van der Waals surface area contributed by atoms with Crippen molar-refractivity contribution < 1.29 is 15.0 Å². The van der Waals surface area contributed by atoms with Crippen LogP contribution < -0.4 is 5.32 Å². The average Bonchev–Trinajstić information content (AvgIpc) is 2.47. The van der Waals surface area contributed by atoms with Crippen molar-refractivity contribution in [2.75, 3.05) is 0 Å². The maximum Gasteiger partial charge on any atom is 0.320 e. The highest BCUT2D eigenvalue weighted by Crippen LogP contribution is 2.19. The summed E-state index contributed by atoms with van der Waals surface area (Å²) in [4.78, 5) is 11.3. The lowest BCUT2D eigenvalue weighted by atomic mass is 9.98. The van der Waals surface area contributed by atoms with Crippen LogP contribution in [0.25, 0.3) is 0 Å². The van der Waals surface area contributed by atoms with Crippen LogP contribution in [0.15, 0.2) is 30.3 Å². The molecule has 1 aromatic carbocycles. The third-order valence-electron chi connectivity index (χ3n) is 3.52. The molecular weight excluding hydrogens is 254 g/mol. The van der Waals surface area contributed by atoms with E-state index in [1.165, 1.54) is 0 Å². The molecule has 4 nitrogen and oxygen atoms in total. The first-order valence-electron chi connectivity index (χ1n) is 7.32. The number of benzene rings is 1. The van der Waals surface area contributed by atoms with E-state index in [-0.39, 0.29) is 6.04 Å². The third kappa shape index (κ3) is 4.94. The second-order valence-electron chi connectivity index (χ2n) is 5.07. The van der Waals surface area contributed by atoms with E-state index in [4.69, 9.17) is 0 Å². The molecular formula is C16H25NO3. The largest absolute Gasteiger partial charge is 0.480 e. The number of aliphatic carboxylic acids is 1. The van der Waals surface area contributed by atoms with Gasteiger partial charge in [0.1, 0.15) is 6.04 Å². The molecule has 0 heterocycles. The van der Waals surface area contributed by atoms with E-state index in [1.54, 1.807) is 0 Å². The standard InChI is InChI=1S/C16H25NO3/c1-3-5-11-14(16(19)20)17-13(4-2)15(18)12-9-7-6-8-10-12/h6-10,13-15,17-18H,3-5,11H2,1-2H3,(H,19,20). The minimum atomic E-state index is -0.850. The molecule has 0 amide bonds. The SMILES string of the molecule is CCCCC(NC(CC)C(O)c1ccccc1)C(=O)O. The molecule has 0 fully saturated rings. The molecule has 1 rings (SSSR count). The van der Waals surface area contributed by atoms with E-state index in [0.29, 0.717) is 12.8 Å². The van der Waals surface area contributed by atoms with Crippen molar-refractivity contribution in [1.82, 2.24) is 5.32 Å². The number of hydrogen-bond donors (Lipinski definition) is 3. The average molecular weight is 279 g/mol. The molecule has 0 radical (unpaired) electrons. The van der Waals surface area contributed by atoms with Crippen LogP contribution in [0.3, 0.4) is 0 Å². The predicted octanol–water partition coefficient (Wildman–Crippen LogP) is 2.73. The Bertz CT molecular complexity index is 394. The Balaban J connectivity index is 2.71. The summed E-state index contributed by atoms with van der Waals surface area (Å²) in [5, 5.41) is 22.7. The first kappa shape index (κ1) is 16.7. The fourth-order valence-electron chi connectivity index (χ4n) is 2.26. The van der Waals surface area contributed by atoms with Crippen LogP contribution in [0, 0.1) is 0 Å². The molecule has 0 aliphatic rings. The maximum atomic E-state index is 11.3. The number of carbonyl (C=O) groups is 1. The molecule has 112 valence electrons. The van der Waals surface area contributed by atoms with Crippen LogP contribution >= 0.6 is 0 Å². The normalized spacial score (nSPS) is 15.6. The molecule has 0 spiro atoms. The zero-order valence-electron chi connectivity index (χ0n) is 12.2. The number of hydrogen-bond acceptors (Lipinski definition) is 3. The van der Waals surface area contributed by atoms with Gasteiger partial charge in [-0.1, -0.05) is 57.0 Å². The number of carboxylic acids is 1. The van der Waals surface area contributed by atoms with E-state index < -0.39 is 18.1 Å². The topological polar surface area (TPSA) is 69.6 Å². The molecule has 0 aliphatic carbocycles. The van der Waals surface area contributed by atoms with Gasteiger partial charge in [0, 0.05) is 6.04 Å². The summed E-state index contributed by atoms with van der Waals surface area (Å²) in [5.74, 6) is -0.850. The van der Waals surface area contributed by atoms with Crippen molar-refractivity contribution in [3.63, 3.8) is 0 Å². The third-order valence-corrected chi connectivity index (χ3v) is 3.52. The first-order valence-corrected chi connectivity index (χ1v) is 7.32. The van der Waals surface area contributed by atoms with Gasteiger partial charge in [-0.25, -0.2) is 0 Å². The molecule has 3 N–H and O–H groups in total. The molecule has 0 saturated carbocycles. The molecule has 3 atom stereocenters. The molecule has 4 heteroatoms. The van der Waals surface area contributed by atoms with E-state index >= 15 is 0 Å². The van der Waals surface area contributed by atoms with Crippen LogP contribution in [-0.4, -0.2) is 28.3 Å².